The molecular weight excluding hydrogens is 533 g/mol. The Morgan fingerprint density at radius 2 is 1.82 bits per heavy atom. The minimum atomic E-state index is -5.08. The van der Waals surface area contributed by atoms with Gasteiger partial charge in [-0.2, -0.15) is 27.1 Å². The third kappa shape index (κ3) is 6.28. The number of carbonyl (C=O) groups excluding carboxylic acids is 1. The van der Waals surface area contributed by atoms with E-state index < -0.39 is 30.5 Å². The Bertz CT molecular complexity index is 1480. The molecule has 39 heavy (non-hydrogen) atoms. The fourth-order valence-corrected chi connectivity index (χ4v) is 3.61. The Hall–Kier alpha value is -4.60. The van der Waals surface area contributed by atoms with Gasteiger partial charge < -0.3 is 15.7 Å². The summed E-state index contributed by atoms with van der Waals surface area (Å²) >= 11 is 0. The van der Waals surface area contributed by atoms with E-state index in [1.54, 1.807) is 29.8 Å². The maximum Gasteiger partial charge on any atom is 0.490 e. The fraction of sp³-hybridized carbons (Fsp3) is 0.261. The molecule has 0 radical (unpaired) electrons. The van der Waals surface area contributed by atoms with Crippen LogP contribution in [0.25, 0.3) is 5.82 Å². The van der Waals surface area contributed by atoms with Crippen LogP contribution in [0.1, 0.15) is 11.1 Å². The zero-order valence-electron chi connectivity index (χ0n) is 20.5. The number of para-hydroxylation sites is 1. The van der Waals surface area contributed by atoms with Crippen molar-refractivity contribution < 1.29 is 36.6 Å². The third-order valence-electron chi connectivity index (χ3n) is 5.51. The highest BCUT2D eigenvalue weighted by Gasteiger charge is 2.38. The summed E-state index contributed by atoms with van der Waals surface area (Å²) in [5, 5.41) is 11.0. The average molecular weight is 555 g/mol. The monoisotopic (exact) mass is 555 g/mol. The maximum atomic E-state index is 12.9. The van der Waals surface area contributed by atoms with E-state index >= 15 is 0 Å². The first-order valence-corrected chi connectivity index (χ1v) is 11.0. The number of nitrogens with zero attached hydrogens (tertiary/aromatic N) is 6. The van der Waals surface area contributed by atoms with Gasteiger partial charge in [0, 0.05) is 25.7 Å². The van der Waals surface area contributed by atoms with Crippen LogP contribution in [0.4, 0.5) is 38.1 Å². The molecule has 2 amide bonds. The summed E-state index contributed by atoms with van der Waals surface area (Å²) in [5.41, 5.74) is 7.24. The number of carbonyl (C=O) groups is 2. The molecular formula is C23H22F5N7O4. The molecule has 0 fully saturated rings. The molecule has 3 N–H and O–H groups in total. The quantitative estimate of drug-likeness (QED) is 0.461. The van der Waals surface area contributed by atoms with Crippen LogP contribution in [-0.2, 0) is 17.9 Å². The van der Waals surface area contributed by atoms with Crippen LogP contribution in [0.3, 0.4) is 0 Å². The Balaban J connectivity index is 0.000000532. The number of fused-ring (bicyclic) bond motifs is 1. The zero-order chi connectivity index (χ0) is 29.1. The van der Waals surface area contributed by atoms with Crippen molar-refractivity contribution in [1.82, 2.24) is 24.2 Å². The van der Waals surface area contributed by atoms with Gasteiger partial charge in [0.25, 0.3) is 6.08 Å². The molecule has 11 nitrogen and oxygen atoms in total. The summed E-state index contributed by atoms with van der Waals surface area (Å²) in [6.07, 6.45) is -4.30. The second-order valence-electron chi connectivity index (χ2n) is 8.25. The molecule has 3 heterocycles. The van der Waals surface area contributed by atoms with Gasteiger partial charge >= 0.3 is 23.9 Å². The van der Waals surface area contributed by atoms with Crippen molar-refractivity contribution in [3.8, 4) is 5.82 Å². The van der Waals surface area contributed by atoms with E-state index in [4.69, 9.17) is 15.6 Å². The number of anilines is 2. The molecule has 0 unspecified atom stereocenters. The molecule has 1 aromatic carbocycles. The number of pyridine rings is 1. The number of aliphatic carboxylic acids is 1. The SMILES string of the molecule is Cc1cc(N2C(=O)N(C)Cc3ccccc32)cnc1-n1cnn(CC(CN)=C(F)F)c1=O.O=C(O)C(F)(F)F. The smallest absolute Gasteiger partial charge is 0.475 e. The standard InChI is InChI=1S/C21H21F2N7O2.C2HF3O2/c1-13-7-16(30-17-6-4-3-5-14(17)10-27(2)20(30)31)9-25-19(13)28-12-26-29(21(28)32)11-15(8-24)18(22)23;3-2(4,5)1(6)7/h3-7,9,12H,8,10-11,24H2,1-2H3;(H,6,7). The van der Waals surface area contributed by atoms with Crippen LogP contribution in [0.15, 0.2) is 59.3 Å². The highest BCUT2D eigenvalue weighted by molar-refractivity contribution is 6.01. The average Bonchev–Trinajstić information content (AvgIpc) is 3.22. The normalized spacial score (nSPS) is 13.0. The number of aryl methyl sites for hydroxylation is 1. The number of nitrogens with two attached hydrogens (primary N) is 1. The highest BCUT2D eigenvalue weighted by atomic mass is 19.4. The van der Waals surface area contributed by atoms with Gasteiger partial charge in [0.1, 0.15) is 12.1 Å². The van der Waals surface area contributed by atoms with Crippen molar-refractivity contribution >= 4 is 23.4 Å². The molecule has 1 aliphatic heterocycles. The summed E-state index contributed by atoms with van der Waals surface area (Å²) in [6.45, 7) is 1.45. The number of hydrogen-bond acceptors (Lipinski definition) is 6. The van der Waals surface area contributed by atoms with Gasteiger partial charge in [-0.05, 0) is 30.2 Å². The van der Waals surface area contributed by atoms with E-state index in [2.05, 4.69) is 10.1 Å². The molecule has 0 saturated heterocycles. The van der Waals surface area contributed by atoms with Gasteiger partial charge in [0.05, 0.1) is 24.1 Å². The van der Waals surface area contributed by atoms with Crippen molar-refractivity contribution in [3.63, 3.8) is 0 Å². The van der Waals surface area contributed by atoms with Crippen molar-refractivity contribution in [3.05, 3.63) is 76.1 Å². The largest absolute Gasteiger partial charge is 0.490 e. The Morgan fingerprint density at radius 3 is 2.38 bits per heavy atom. The molecule has 4 rings (SSSR count). The molecule has 0 spiro atoms. The van der Waals surface area contributed by atoms with Crippen molar-refractivity contribution in [2.75, 3.05) is 18.5 Å². The third-order valence-corrected chi connectivity index (χ3v) is 5.51. The summed E-state index contributed by atoms with van der Waals surface area (Å²) < 4.78 is 59.6. The predicted molar refractivity (Wildman–Crippen MR) is 128 cm³/mol. The van der Waals surface area contributed by atoms with E-state index in [9.17, 15) is 31.5 Å². The van der Waals surface area contributed by atoms with Gasteiger partial charge in [-0.1, -0.05) is 18.2 Å². The molecule has 0 atom stereocenters. The van der Waals surface area contributed by atoms with Crippen LogP contribution < -0.4 is 16.3 Å². The van der Waals surface area contributed by atoms with Crippen LogP contribution in [0.5, 0.6) is 0 Å². The number of carboxylic acid groups (broad SMARTS) is 1. The summed E-state index contributed by atoms with van der Waals surface area (Å²) in [5.74, 6) is -2.47. The maximum absolute atomic E-state index is 12.9. The van der Waals surface area contributed by atoms with Crippen molar-refractivity contribution in [2.24, 2.45) is 5.73 Å². The Kier molecular flexibility index (Phi) is 8.48. The molecule has 0 aliphatic carbocycles. The second-order valence-corrected chi connectivity index (χ2v) is 8.25. The molecule has 1 aliphatic rings. The number of benzene rings is 1. The van der Waals surface area contributed by atoms with E-state index in [0.29, 0.717) is 17.8 Å². The van der Waals surface area contributed by atoms with Crippen molar-refractivity contribution in [1.29, 1.82) is 0 Å². The lowest BCUT2D eigenvalue weighted by atomic mass is 10.1. The van der Waals surface area contributed by atoms with Crippen LogP contribution in [0, 0.1) is 6.92 Å². The first-order valence-electron chi connectivity index (χ1n) is 11.0. The minimum absolute atomic E-state index is 0.197. The van der Waals surface area contributed by atoms with Gasteiger partial charge in [-0.3, -0.25) is 4.90 Å². The lowest BCUT2D eigenvalue weighted by Gasteiger charge is -2.35. The Labute approximate surface area is 217 Å². The molecule has 0 saturated carbocycles. The number of alkyl halides is 3. The molecule has 208 valence electrons. The summed E-state index contributed by atoms with van der Waals surface area (Å²) in [4.78, 5) is 42.0. The number of rotatable bonds is 5. The second kappa shape index (κ2) is 11.4. The molecule has 16 heteroatoms. The van der Waals surface area contributed by atoms with Crippen LogP contribution >= 0.6 is 0 Å². The lowest BCUT2D eigenvalue weighted by Crippen LogP contribution is -2.42. The van der Waals surface area contributed by atoms with E-state index in [1.807, 2.05) is 24.3 Å². The fourth-order valence-electron chi connectivity index (χ4n) is 3.61. The van der Waals surface area contributed by atoms with E-state index in [1.165, 1.54) is 17.1 Å². The summed E-state index contributed by atoms with van der Waals surface area (Å²) in [7, 11) is 1.72. The first-order chi connectivity index (χ1) is 18.3. The number of halogens is 5. The summed E-state index contributed by atoms with van der Waals surface area (Å²) in [6, 6.07) is 9.14. The Morgan fingerprint density at radius 1 is 1.18 bits per heavy atom. The number of urea groups is 1. The van der Waals surface area contributed by atoms with E-state index in [0.717, 1.165) is 15.9 Å². The number of hydrogen-bond donors (Lipinski definition) is 2. The van der Waals surface area contributed by atoms with Crippen molar-refractivity contribution in [2.45, 2.75) is 26.2 Å². The molecule has 3 aromatic rings. The highest BCUT2D eigenvalue weighted by Crippen LogP contribution is 2.34. The van der Waals surface area contributed by atoms with E-state index in [-0.39, 0.29) is 24.0 Å². The van der Waals surface area contributed by atoms with Gasteiger partial charge in [-0.15, -0.1) is 0 Å². The zero-order valence-corrected chi connectivity index (χ0v) is 20.5. The van der Waals surface area contributed by atoms with Gasteiger partial charge in [0.2, 0.25) is 0 Å². The minimum Gasteiger partial charge on any atom is -0.475 e. The number of aromatic nitrogens is 4. The topological polar surface area (TPSA) is 140 Å². The van der Waals surface area contributed by atoms with Gasteiger partial charge in [0.15, 0.2) is 0 Å². The number of amides is 2. The van der Waals surface area contributed by atoms with Crippen LogP contribution in [0.2, 0.25) is 0 Å². The number of carboxylic acids is 1. The predicted octanol–water partition coefficient (Wildman–Crippen LogP) is 3.18. The van der Waals surface area contributed by atoms with Gasteiger partial charge in [-0.25, -0.2) is 28.6 Å². The molecule has 0 bridgehead atoms. The lowest BCUT2D eigenvalue weighted by molar-refractivity contribution is -0.192. The molecule has 2 aromatic heterocycles. The van der Waals surface area contributed by atoms with Crippen LogP contribution in [-0.4, -0.2) is 61.1 Å². The first kappa shape index (κ1) is 29.0.